The predicted octanol–water partition coefficient (Wildman–Crippen LogP) is 1.54. The minimum absolute atomic E-state index is 0.562. The van der Waals surface area contributed by atoms with Crippen molar-refractivity contribution in [2.75, 3.05) is 5.73 Å². The van der Waals surface area contributed by atoms with E-state index < -0.39 is 40.9 Å². The molecule has 1 atom stereocenters. The Morgan fingerprint density at radius 2 is 1.88 bits per heavy atom. The molecule has 4 N–H and O–H groups in total. The summed E-state index contributed by atoms with van der Waals surface area (Å²) >= 11 is 0. The fourth-order valence-corrected chi connectivity index (χ4v) is 1.32. The van der Waals surface area contributed by atoms with Gasteiger partial charge in [-0.25, -0.2) is 9.18 Å². The average molecular weight is 253 g/mol. The van der Waals surface area contributed by atoms with Gasteiger partial charge >= 0.3 is 12.1 Å². The summed E-state index contributed by atoms with van der Waals surface area (Å²) in [5.74, 6) is -3.48. The maximum Gasteiger partial charge on any atom is 0.418 e. The molecular formula is C9H7F4NO3. The molecule has 0 bridgehead atoms. The standard InChI is InChI=1S/C9H7F4NO3/c10-3-1-2-4(14)6(9(11,12)13)5(3)7(15)8(16)17/h1-2,7,15H,14H2,(H,16,17). The van der Waals surface area contributed by atoms with E-state index in [0.717, 1.165) is 0 Å². The topological polar surface area (TPSA) is 83.5 Å². The zero-order valence-corrected chi connectivity index (χ0v) is 8.12. The molecule has 0 aliphatic carbocycles. The molecule has 94 valence electrons. The number of rotatable bonds is 2. The third-order valence-corrected chi connectivity index (χ3v) is 2.02. The van der Waals surface area contributed by atoms with Crippen molar-refractivity contribution < 1.29 is 32.6 Å². The Bertz CT molecular complexity index is 458. The van der Waals surface area contributed by atoms with Crippen molar-refractivity contribution in [1.82, 2.24) is 0 Å². The van der Waals surface area contributed by atoms with Crippen LogP contribution in [-0.2, 0) is 11.0 Å². The molecule has 0 fully saturated rings. The quantitative estimate of drug-likeness (QED) is 0.551. The highest BCUT2D eigenvalue weighted by atomic mass is 19.4. The van der Waals surface area contributed by atoms with Crippen LogP contribution < -0.4 is 5.73 Å². The van der Waals surface area contributed by atoms with Gasteiger partial charge in [0.2, 0.25) is 0 Å². The maximum atomic E-state index is 13.2. The predicted molar refractivity (Wildman–Crippen MR) is 48.4 cm³/mol. The number of carbonyl (C=O) groups is 1. The van der Waals surface area contributed by atoms with Gasteiger partial charge in [-0.05, 0) is 12.1 Å². The van der Waals surface area contributed by atoms with Crippen LogP contribution in [0.3, 0.4) is 0 Å². The van der Waals surface area contributed by atoms with Gasteiger partial charge in [0, 0.05) is 11.3 Å². The number of carboxylic acids is 1. The molecule has 0 saturated carbocycles. The molecule has 8 heteroatoms. The molecule has 0 aromatic heterocycles. The Labute approximate surface area is 92.3 Å². The second-order valence-electron chi connectivity index (χ2n) is 3.16. The Morgan fingerprint density at radius 3 is 2.29 bits per heavy atom. The first-order valence-corrected chi connectivity index (χ1v) is 4.22. The number of nitrogens with two attached hydrogens (primary N) is 1. The van der Waals surface area contributed by atoms with Gasteiger partial charge in [-0.2, -0.15) is 13.2 Å². The molecule has 0 aliphatic heterocycles. The molecular weight excluding hydrogens is 246 g/mol. The second kappa shape index (κ2) is 4.21. The van der Waals surface area contributed by atoms with Crippen molar-refractivity contribution >= 4 is 11.7 Å². The molecule has 0 radical (unpaired) electrons. The number of aliphatic carboxylic acids is 1. The van der Waals surface area contributed by atoms with Gasteiger partial charge in [-0.15, -0.1) is 0 Å². The first kappa shape index (κ1) is 13.2. The number of nitrogen functional groups attached to an aromatic ring is 1. The summed E-state index contributed by atoms with van der Waals surface area (Å²) in [6.45, 7) is 0. The summed E-state index contributed by atoms with van der Waals surface area (Å²) in [5, 5.41) is 17.5. The third kappa shape index (κ3) is 2.47. The van der Waals surface area contributed by atoms with Gasteiger partial charge in [-0.1, -0.05) is 0 Å². The molecule has 17 heavy (non-hydrogen) atoms. The maximum absolute atomic E-state index is 13.2. The molecule has 1 rings (SSSR count). The fourth-order valence-electron chi connectivity index (χ4n) is 1.32. The molecule has 1 aromatic carbocycles. The Kier molecular flexibility index (Phi) is 3.28. The van der Waals surface area contributed by atoms with Crippen molar-refractivity contribution in [3.05, 3.63) is 29.1 Å². The summed E-state index contributed by atoms with van der Waals surface area (Å²) < 4.78 is 50.9. The van der Waals surface area contributed by atoms with Gasteiger partial charge in [-0.3, -0.25) is 0 Å². The van der Waals surface area contributed by atoms with Gasteiger partial charge < -0.3 is 15.9 Å². The number of aliphatic hydroxyl groups is 1. The van der Waals surface area contributed by atoms with Crippen molar-refractivity contribution in [3.8, 4) is 0 Å². The smallest absolute Gasteiger partial charge is 0.418 e. The Balaban J connectivity index is 3.57. The van der Waals surface area contributed by atoms with E-state index in [1.165, 1.54) is 0 Å². The van der Waals surface area contributed by atoms with E-state index in [9.17, 15) is 22.4 Å². The molecule has 0 amide bonds. The van der Waals surface area contributed by atoms with Crippen LogP contribution >= 0.6 is 0 Å². The number of aliphatic hydroxyl groups excluding tert-OH is 1. The summed E-state index contributed by atoms with van der Waals surface area (Å²) in [7, 11) is 0. The van der Waals surface area contributed by atoms with Gasteiger partial charge in [0.05, 0.1) is 5.56 Å². The SMILES string of the molecule is Nc1ccc(F)c(C(O)C(=O)O)c1C(F)(F)F. The first-order valence-electron chi connectivity index (χ1n) is 4.22. The van der Waals surface area contributed by atoms with Crippen LogP contribution in [0.1, 0.15) is 17.2 Å². The zero-order valence-electron chi connectivity index (χ0n) is 8.12. The fraction of sp³-hybridized carbons (Fsp3) is 0.222. The molecule has 0 saturated heterocycles. The lowest BCUT2D eigenvalue weighted by molar-refractivity contribution is -0.149. The number of hydrogen-bond acceptors (Lipinski definition) is 3. The number of hydrogen-bond donors (Lipinski definition) is 3. The van der Waals surface area contributed by atoms with Crippen LogP contribution in [0.4, 0.5) is 23.2 Å². The average Bonchev–Trinajstić information content (AvgIpc) is 2.18. The van der Waals surface area contributed by atoms with Crippen LogP contribution in [-0.4, -0.2) is 16.2 Å². The summed E-state index contributed by atoms with van der Waals surface area (Å²) in [6, 6.07) is 1.21. The number of halogens is 4. The normalized spacial score (nSPS) is 13.5. The highest BCUT2D eigenvalue weighted by Gasteiger charge is 2.40. The van der Waals surface area contributed by atoms with Gasteiger partial charge in [0.15, 0.2) is 6.10 Å². The van der Waals surface area contributed by atoms with Crippen molar-refractivity contribution in [1.29, 1.82) is 0 Å². The molecule has 4 nitrogen and oxygen atoms in total. The Morgan fingerprint density at radius 1 is 1.35 bits per heavy atom. The minimum atomic E-state index is -5.06. The number of anilines is 1. The van der Waals surface area contributed by atoms with E-state index >= 15 is 0 Å². The molecule has 0 spiro atoms. The molecule has 1 unspecified atom stereocenters. The van der Waals surface area contributed by atoms with E-state index in [0.29, 0.717) is 12.1 Å². The van der Waals surface area contributed by atoms with E-state index in [1.54, 1.807) is 0 Å². The van der Waals surface area contributed by atoms with Crippen molar-refractivity contribution in [2.24, 2.45) is 0 Å². The van der Waals surface area contributed by atoms with Crippen LogP contribution in [0.25, 0.3) is 0 Å². The highest BCUT2D eigenvalue weighted by molar-refractivity contribution is 5.76. The van der Waals surface area contributed by atoms with Crippen LogP contribution in [0.5, 0.6) is 0 Å². The van der Waals surface area contributed by atoms with E-state index in [4.69, 9.17) is 15.9 Å². The first-order chi connectivity index (χ1) is 7.66. The van der Waals surface area contributed by atoms with Crippen LogP contribution in [0.2, 0.25) is 0 Å². The van der Waals surface area contributed by atoms with E-state index in [2.05, 4.69) is 0 Å². The molecule has 0 aliphatic rings. The molecule has 0 heterocycles. The van der Waals surface area contributed by atoms with E-state index in [1.807, 2.05) is 0 Å². The van der Waals surface area contributed by atoms with Gasteiger partial charge in [0.25, 0.3) is 0 Å². The third-order valence-electron chi connectivity index (χ3n) is 2.02. The monoisotopic (exact) mass is 253 g/mol. The van der Waals surface area contributed by atoms with Gasteiger partial charge in [0.1, 0.15) is 5.82 Å². The summed E-state index contributed by atoms with van der Waals surface area (Å²) in [5.41, 5.74) is 1.11. The second-order valence-corrected chi connectivity index (χ2v) is 3.16. The number of carboxylic acid groups (broad SMARTS) is 1. The Hall–Kier alpha value is -1.83. The summed E-state index contributed by atoms with van der Waals surface area (Å²) in [4.78, 5) is 10.4. The number of alkyl halides is 3. The van der Waals surface area contributed by atoms with Crippen LogP contribution in [0.15, 0.2) is 12.1 Å². The molecule has 1 aromatic rings. The summed E-state index contributed by atoms with van der Waals surface area (Å²) in [6.07, 6.45) is -7.69. The van der Waals surface area contributed by atoms with E-state index in [-0.39, 0.29) is 0 Å². The number of benzene rings is 1. The van der Waals surface area contributed by atoms with Crippen LogP contribution in [0, 0.1) is 5.82 Å². The largest absolute Gasteiger partial charge is 0.479 e. The van der Waals surface area contributed by atoms with Crippen molar-refractivity contribution in [2.45, 2.75) is 12.3 Å². The zero-order chi connectivity index (χ0) is 13.4. The minimum Gasteiger partial charge on any atom is -0.479 e. The lowest BCUT2D eigenvalue weighted by Crippen LogP contribution is -2.20. The van der Waals surface area contributed by atoms with Crippen molar-refractivity contribution in [3.63, 3.8) is 0 Å². The lowest BCUT2D eigenvalue weighted by Gasteiger charge is -2.17. The highest BCUT2D eigenvalue weighted by Crippen LogP contribution is 2.39. The lowest BCUT2D eigenvalue weighted by atomic mass is 9.99.